The second-order valence-corrected chi connectivity index (χ2v) is 5.99. The number of hydrogen-bond acceptors (Lipinski definition) is 2. The molecule has 0 aliphatic carbocycles. The van der Waals surface area contributed by atoms with Crippen molar-refractivity contribution < 1.29 is 0 Å². The third kappa shape index (κ3) is 2.69. The quantitative estimate of drug-likeness (QED) is 0.819. The molecule has 2 rings (SSSR count). The maximum Gasteiger partial charge on any atom is 0.0362 e. The Bertz CT molecular complexity index is 348. The Hall–Kier alpha value is -0.630. The first-order valence-corrected chi connectivity index (χ1v) is 6.65. The Morgan fingerprint density at radius 1 is 1.27 bits per heavy atom. The summed E-state index contributed by atoms with van der Waals surface area (Å²) in [6.07, 6.45) is 1.29. The Kier molecular flexibility index (Phi) is 3.25. The van der Waals surface area contributed by atoms with Gasteiger partial charge in [0.15, 0.2) is 0 Å². The molecule has 2 unspecified atom stereocenters. The van der Waals surface area contributed by atoms with Crippen molar-refractivity contribution in [1.29, 1.82) is 0 Å². The van der Waals surface area contributed by atoms with Crippen molar-refractivity contribution in [3.8, 4) is 0 Å². The maximum atomic E-state index is 3.62. The zero-order valence-electron chi connectivity index (χ0n) is 9.71. The Morgan fingerprint density at radius 2 is 2.07 bits per heavy atom. The molecule has 82 valence electrons. The van der Waals surface area contributed by atoms with E-state index in [1.165, 1.54) is 29.0 Å². The van der Waals surface area contributed by atoms with Gasteiger partial charge in [-0.2, -0.15) is 11.8 Å². The Labute approximate surface area is 96.7 Å². The van der Waals surface area contributed by atoms with E-state index in [0.29, 0.717) is 6.04 Å². The Balaban J connectivity index is 2.02. The summed E-state index contributed by atoms with van der Waals surface area (Å²) in [4.78, 5) is 0. The van der Waals surface area contributed by atoms with Crippen LogP contribution in [0.2, 0.25) is 0 Å². The number of benzene rings is 1. The molecule has 1 aromatic rings. The molecular weight excluding hydrogens is 202 g/mol. The summed E-state index contributed by atoms with van der Waals surface area (Å²) >= 11 is 2.07. The topological polar surface area (TPSA) is 12.0 Å². The van der Waals surface area contributed by atoms with Crippen molar-refractivity contribution in [2.75, 3.05) is 11.1 Å². The van der Waals surface area contributed by atoms with E-state index in [9.17, 15) is 0 Å². The average Bonchev–Trinajstić information content (AvgIpc) is 2.58. The summed E-state index contributed by atoms with van der Waals surface area (Å²) in [7, 11) is 0. The van der Waals surface area contributed by atoms with Crippen molar-refractivity contribution in [1.82, 2.24) is 0 Å². The monoisotopic (exact) mass is 221 g/mol. The zero-order valence-corrected chi connectivity index (χ0v) is 10.5. The number of hydrogen-bond donors (Lipinski definition) is 1. The van der Waals surface area contributed by atoms with Gasteiger partial charge >= 0.3 is 0 Å². The van der Waals surface area contributed by atoms with Crippen molar-refractivity contribution in [2.45, 2.75) is 38.5 Å². The first kappa shape index (κ1) is 10.9. The van der Waals surface area contributed by atoms with Gasteiger partial charge in [-0.15, -0.1) is 0 Å². The molecular formula is C13H19NS. The SMILES string of the molecule is Cc1ccc(NC2CSC(C)C2)cc1C. The lowest BCUT2D eigenvalue weighted by atomic mass is 10.1. The molecule has 0 aromatic heterocycles. The van der Waals surface area contributed by atoms with Gasteiger partial charge in [-0.25, -0.2) is 0 Å². The van der Waals surface area contributed by atoms with Gasteiger partial charge in [0, 0.05) is 22.7 Å². The lowest BCUT2D eigenvalue weighted by Gasteiger charge is -2.14. The molecule has 1 N–H and O–H groups in total. The van der Waals surface area contributed by atoms with Crippen LogP contribution in [0.3, 0.4) is 0 Å². The van der Waals surface area contributed by atoms with Crippen LogP contribution in [0.15, 0.2) is 18.2 Å². The van der Waals surface area contributed by atoms with Gasteiger partial charge in [-0.1, -0.05) is 13.0 Å². The summed E-state index contributed by atoms with van der Waals surface area (Å²) in [5.41, 5.74) is 4.02. The van der Waals surface area contributed by atoms with Crippen molar-refractivity contribution in [3.63, 3.8) is 0 Å². The minimum atomic E-state index is 0.659. The highest BCUT2D eigenvalue weighted by Crippen LogP contribution is 2.28. The molecule has 1 heterocycles. The molecule has 1 aliphatic rings. The van der Waals surface area contributed by atoms with E-state index < -0.39 is 0 Å². The third-order valence-electron chi connectivity index (χ3n) is 3.08. The van der Waals surface area contributed by atoms with Crippen molar-refractivity contribution >= 4 is 17.4 Å². The van der Waals surface area contributed by atoms with Crippen molar-refractivity contribution in [2.24, 2.45) is 0 Å². The van der Waals surface area contributed by atoms with Gasteiger partial charge in [0.05, 0.1) is 0 Å². The number of aryl methyl sites for hydroxylation is 2. The van der Waals surface area contributed by atoms with Crippen LogP contribution in [-0.2, 0) is 0 Å². The fourth-order valence-electron chi connectivity index (χ4n) is 1.98. The normalized spacial score (nSPS) is 25.5. The van der Waals surface area contributed by atoms with Gasteiger partial charge in [0.25, 0.3) is 0 Å². The molecule has 0 spiro atoms. The maximum absolute atomic E-state index is 3.62. The molecule has 15 heavy (non-hydrogen) atoms. The predicted molar refractivity (Wildman–Crippen MR) is 69.9 cm³/mol. The molecule has 0 bridgehead atoms. The van der Waals surface area contributed by atoms with Crippen LogP contribution in [-0.4, -0.2) is 17.0 Å². The van der Waals surface area contributed by atoms with E-state index in [2.05, 4.69) is 56.0 Å². The molecule has 0 saturated carbocycles. The summed E-state index contributed by atoms with van der Waals surface area (Å²) < 4.78 is 0. The smallest absolute Gasteiger partial charge is 0.0362 e. The number of anilines is 1. The highest BCUT2D eigenvalue weighted by molar-refractivity contribution is 8.00. The highest BCUT2D eigenvalue weighted by atomic mass is 32.2. The molecule has 0 amide bonds. The van der Waals surface area contributed by atoms with E-state index in [0.717, 1.165) is 5.25 Å². The number of thioether (sulfide) groups is 1. The van der Waals surface area contributed by atoms with E-state index in [1.54, 1.807) is 0 Å². The van der Waals surface area contributed by atoms with E-state index in [-0.39, 0.29) is 0 Å². The lowest BCUT2D eigenvalue weighted by Crippen LogP contribution is -2.18. The van der Waals surface area contributed by atoms with Gasteiger partial charge < -0.3 is 5.32 Å². The van der Waals surface area contributed by atoms with E-state index in [1.807, 2.05) is 0 Å². The minimum Gasteiger partial charge on any atom is -0.381 e. The second-order valence-electron chi connectivity index (χ2n) is 4.52. The van der Waals surface area contributed by atoms with Crippen LogP contribution < -0.4 is 5.32 Å². The first-order valence-electron chi connectivity index (χ1n) is 5.60. The third-order valence-corrected chi connectivity index (χ3v) is 4.43. The summed E-state index contributed by atoms with van der Waals surface area (Å²) in [5.74, 6) is 1.24. The van der Waals surface area contributed by atoms with Crippen molar-refractivity contribution in [3.05, 3.63) is 29.3 Å². The lowest BCUT2D eigenvalue weighted by molar-refractivity contribution is 0.747. The molecule has 1 aromatic carbocycles. The van der Waals surface area contributed by atoms with Gasteiger partial charge in [0.2, 0.25) is 0 Å². The van der Waals surface area contributed by atoms with Gasteiger partial charge in [-0.3, -0.25) is 0 Å². The zero-order chi connectivity index (χ0) is 10.8. The molecule has 0 radical (unpaired) electrons. The van der Waals surface area contributed by atoms with Crippen LogP contribution in [0.1, 0.15) is 24.5 Å². The number of rotatable bonds is 2. The van der Waals surface area contributed by atoms with E-state index in [4.69, 9.17) is 0 Å². The minimum absolute atomic E-state index is 0.659. The van der Waals surface area contributed by atoms with E-state index >= 15 is 0 Å². The first-order chi connectivity index (χ1) is 7.15. The highest BCUT2D eigenvalue weighted by Gasteiger charge is 2.21. The molecule has 1 aliphatic heterocycles. The number of nitrogens with one attached hydrogen (secondary N) is 1. The van der Waals surface area contributed by atoms with Crippen LogP contribution in [0.25, 0.3) is 0 Å². The van der Waals surface area contributed by atoms with Crippen LogP contribution in [0.4, 0.5) is 5.69 Å². The van der Waals surface area contributed by atoms with Crippen LogP contribution in [0, 0.1) is 13.8 Å². The van der Waals surface area contributed by atoms with Gasteiger partial charge in [-0.05, 0) is 43.5 Å². The predicted octanol–water partition coefficient (Wildman–Crippen LogP) is 3.61. The fourth-order valence-corrected chi connectivity index (χ4v) is 3.13. The summed E-state index contributed by atoms with van der Waals surface area (Å²) in [6, 6.07) is 7.30. The molecule has 2 heteroatoms. The van der Waals surface area contributed by atoms with Gasteiger partial charge in [0.1, 0.15) is 0 Å². The Morgan fingerprint density at radius 3 is 2.67 bits per heavy atom. The molecule has 2 atom stereocenters. The summed E-state index contributed by atoms with van der Waals surface area (Å²) in [5, 5.41) is 4.43. The van der Waals surface area contributed by atoms with Crippen LogP contribution in [0.5, 0.6) is 0 Å². The standard InChI is InChI=1S/C13H19NS/c1-9-4-5-12(6-10(9)2)14-13-7-11(3)15-8-13/h4-6,11,13-14H,7-8H2,1-3H3. The molecule has 1 nitrogen and oxygen atoms in total. The fraction of sp³-hybridized carbons (Fsp3) is 0.538. The summed E-state index contributed by atoms with van der Waals surface area (Å²) in [6.45, 7) is 6.64. The molecule has 1 fully saturated rings. The largest absolute Gasteiger partial charge is 0.381 e. The molecule has 1 saturated heterocycles. The average molecular weight is 221 g/mol. The van der Waals surface area contributed by atoms with Crippen LogP contribution >= 0.6 is 11.8 Å². The second kappa shape index (κ2) is 4.48.